The molecule has 0 heterocycles. The second-order valence-corrected chi connectivity index (χ2v) is 20.4. The van der Waals surface area contributed by atoms with E-state index in [4.69, 9.17) is 0 Å². The van der Waals surface area contributed by atoms with E-state index in [2.05, 4.69) is 102 Å². The molecule has 0 saturated heterocycles. The van der Waals surface area contributed by atoms with Crippen LogP contribution in [0.2, 0.25) is 0 Å². The fourth-order valence-corrected chi connectivity index (χ4v) is 17.6. The van der Waals surface area contributed by atoms with Crippen LogP contribution < -0.4 is 24.8 Å². The molecule has 0 aromatic heterocycles. The molecule has 0 amide bonds. The van der Waals surface area contributed by atoms with Crippen LogP contribution in [0.1, 0.15) is 124 Å². The Hall–Kier alpha value is 0.0743. The average molecular weight is 694 g/mol. The van der Waals surface area contributed by atoms with Gasteiger partial charge in [-0.3, -0.25) is 0 Å². The predicted molar refractivity (Wildman–Crippen MR) is 186 cm³/mol. The van der Waals surface area contributed by atoms with Gasteiger partial charge in [0.1, 0.15) is 0 Å². The van der Waals surface area contributed by atoms with Crippen LogP contribution in [0.25, 0.3) is 12.2 Å². The molecule has 2 unspecified atom stereocenters. The Balaban J connectivity index is 0.00000323. The molecule has 2 aliphatic carbocycles. The molecule has 0 nitrogen and oxygen atoms in total. The molecule has 0 N–H and O–H groups in total. The molecule has 2 aliphatic rings. The molecule has 0 saturated carbocycles. The zero-order valence-electron chi connectivity index (χ0n) is 27.7. The summed E-state index contributed by atoms with van der Waals surface area (Å²) in [5.74, 6) is 1.54. The first-order valence-electron chi connectivity index (χ1n) is 16.8. The first-order valence-corrected chi connectivity index (χ1v) is 22.0. The first-order chi connectivity index (χ1) is 19.9. The van der Waals surface area contributed by atoms with Crippen molar-refractivity contribution in [2.45, 2.75) is 101 Å². The molecule has 2 aromatic carbocycles. The number of fused-ring (bicyclic) bond motifs is 2. The summed E-state index contributed by atoms with van der Waals surface area (Å²) in [6, 6.07) is 19.0. The predicted octanol–water partition coefficient (Wildman–Crippen LogP) is 6.70. The minimum Gasteiger partial charge on any atom is -1.00 e. The van der Waals surface area contributed by atoms with Gasteiger partial charge in [0.05, 0.1) is 0 Å². The molecule has 2 aromatic rings. The molecule has 4 rings (SSSR count). The molecule has 5 heteroatoms. The van der Waals surface area contributed by atoms with E-state index >= 15 is 0 Å². The first kappa shape index (κ1) is 39.3. The average Bonchev–Trinajstić information content (AvgIpc) is 3.50. The standard InChI is InChI=1S/C21H32P.C17H24P.2ClH.Ti/c1-3-5-7-11-15-22(16-12-8-6-4-2)21-17-19-13-9-10-14-20(19)18-21;1-13(2)11-18(12-14(3)4)17-9-15-7-5-6-8-16(15)10-17;;;/h9-10,13-14,17-18H,3-8,11-12,15-16H2,1-2H3;5-10,13-14H,11-12H2,1-4H3;2*1H;/q;;;;+2/p-2. The van der Waals surface area contributed by atoms with Crippen molar-refractivity contribution in [2.75, 3.05) is 24.6 Å². The largest absolute Gasteiger partial charge is 1.00 e. The Bertz CT molecular complexity index is 1140. The summed E-state index contributed by atoms with van der Waals surface area (Å²) >= 11 is -0.297. The van der Waals surface area contributed by atoms with E-state index in [9.17, 15) is 0 Å². The quantitative estimate of drug-likeness (QED) is 0.0927. The molecular formula is C38H56Cl2P2Ti. The van der Waals surface area contributed by atoms with Crippen LogP contribution in [0.3, 0.4) is 0 Å². The van der Waals surface area contributed by atoms with Crippen LogP contribution in [0.4, 0.5) is 0 Å². The maximum absolute atomic E-state index is 2.71. The van der Waals surface area contributed by atoms with Gasteiger partial charge in [0.15, 0.2) is 0 Å². The number of unbranched alkanes of at least 4 members (excludes halogenated alkanes) is 6. The van der Waals surface area contributed by atoms with Crippen molar-refractivity contribution in [1.82, 2.24) is 0 Å². The van der Waals surface area contributed by atoms with Crippen molar-refractivity contribution < 1.29 is 44.0 Å². The van der Waals surface area contributed by atoms with Crippen molar-refractivity contribution in [1.29, 1.82) is 0 Å². The number of rotatable bonds is 18. The minimum absolute atomic E-state index is 0. The van der Waals surface area contributed by atoms with Crippen LogP contribution in [0, 0.1) is 11.8 Å². The molecular weight excluding hydrogens is 637 g/mol. The second kappa shape index (κ2) is 20.3. The van der Waals surface area contributed by atoms with Crippen molar-refractivity contribution in [3.8, 4) is 0 Å². The van der Waals surface area contributed by atoms with Gasteiger partial charge in [-0.25, -0.2) is 0 Å². The van der Waals surface area contributed by atoms with E-state index in [1.54, 1.807) is 16.7 Å². The normalized spacial score (nSPS) is 17.0. The van der Waals surface area contributed by atoms with Crippen LogP contribution in [-0.2, 0) is 19.2 Å². The molecule has 43 heavy (non-hydrogen) atoms. The van der Waals surface area contributed by atoms with E-state index in [0.717, 1.165) is 11.8 Å². The number of benzene rings is 2. The summed E-state index contributed by atoms with van der Waals surface area (Å²) in [5, 5.41) is 3.76. The van der Waals surface area contributed by atoms with Gasteiger partial charge in [-0.15, -0.1) is 0 Å². The summed E-state index contributed by atoms with van der Waals surface area (Å²) in [6.45, 7) is 14.5. The van der Waals surface area contributed by atoms with Crippen molar-refractivity contribution in [3.05, 3.63) is 81.4 Å². The summed E-state index contributed by atoms with van der Waals surface area (Å²) in [6.07, 6.45) is 22.3. The smallest absolute Gasteiger partial charge is 1.00 e. The Morgan fingerprint density at radius 2 is 1.00 bits per heavy atom. The van der Waals surface area contributed by atoms with Crippen molar-refractivity contribution >= 4 is 28.0 Å². The Labute approximate surface area is 289 Å². The van der Waals surface area contributed by atoms with E-state index in [-0.39, 0.29) is 59.8 Å². The Morgan fingerprint density at radius 1 is 0.581 bits per heavy atom. The monoisotopic (exact) mass is 692 g/mol. The van der Waals surface area contributed by atoms with Crippen molar-refractivity contribution in [3.63, 3.8) is 0 Å². The summed E-state index contributed by atoms with van der Waals surface area (Å²) < 4.78 is 1.41. The van der Waals surface area contributed by atoms with Crippen LogP contribution >= 0.6 is 15.8 Å². The Kier molecular flexibility index (Phi) is 18.6. The SMILES string of the molecule is CCCCCCP(CCCCCC)C1=Cc2ccccc2[CH]1[Ti+2][CH]1C(P(CC(C)C)CC(C)C)=Cc2ccccc21.[Cl-].[Cl-]. The van der Waals surface area contributed by atoms with Gasteiger partial charge in [0.25, 0.3) is 0 Å². The number of halogens is 2. The fourth-order valence-electron chi connectivity index (χ4n) is 6.67. The van der Waals surface area contributed by atoms with Crippen LogP contribution in [-0.4, -0.2) is 24.6 Å². The van der Waals surface area contributed by atoms with Gasteiger partial charge in [-0.1, -0.05) is 0 Å². The number of hydrogen-bond donors (Lipinski definition) is 0. The Morgan fingerprint density at radius 3 is 1.42 bits per heavy atom. The molecule has 0 spiro atoms. The molecule has 0 bridgehead atoms. The third-order valence-corrected chi connectivity index (χ3v) is 18.6. The van der Waals surface area contributed by atoms with Gasteiger partial charge >= 0.3 is 266 Å². The molecule has 0 aliphatic heterocycles. The number of hydrogen-bond acceptors (Lipinski definition) is 0. The zero-order valence-corrected chi connectivity index (χ0v) is 32.6. The van der Waals surface area contributed by atoms with Gasteiger partial charge in [-0.2, -0.15) is 0 Å². The summed E-state index contributed by atoms with van der Waals surface area (Å²) in [4.78, 5) is 0. The molecule has 2 atom stereocenters. The fraction of sp³-hybridized carbons (Fsp3) is 0.579. The third kappa shape index (κ3) is 11.1. The van der Waals surface area contributed by atoms with Gasteiger partial charge in [0.2, 0.25) is 0 Å². The third-order valence-electron chi connectivity index (χ3n) is 8.61. The van der Waals surface area contributed by atoms with E-state index < -0.39 is 0 Å². The van der Waals surface area contributed by atoms with Crippen molar-refractivity contribution in [2.24, 2.45) is 11.8 Å². The van der Waals surface area contributed by atoms with E-state index in [0.29, 0.717) is 8.45 Å². The van der Waals surface area contributed by atoms with Crippen LogP contribution in [0.15, 0.2) is 59.2 Å². The minimum atomic E-state index is -0.297. The van der Waals surface area contributed by atoms with Gasteiger partial charge < -0.3 is 24.8 Å². The van der Waals surface area contributed by atoms with E-state index in [1.807, 2.05) is 10.6 Å². The second-order valence-electron chi connectivity index (χ2n) is 13.2. The van der Waals surface area contributed by atoms with E-state index in [1.165, 1.54) is 81.6 Å². The summed E-state index contributed by atoms with van der Waals surface area (Å²) in [7, 11) is -0.140. The topological polar surface area (TPSA) is 0 Å². The number of allylic oxidation sites excluding steroid dienone is 2. The van der Waals surface area contributed by atoms with Crippen LogP contribution in [0.5, 0.6) is 0 Å². The van der Waals surface area contributed by atoms with Gasteiger partial charge in [-0.05, 0) is 0 Å². The molecule has 0 fully saturated rings. The van der Waals surface area contributed by atoms with Gasteiger partial charge in [0, 0.05) is 0 Å². The maximum atomic E-state index is 2.71. The zero-order chi connectivity index (χ0) is 29.2. The maximum Gasteiger partial charge on any atom is -1.00 e. The summed E-state index contributed by atoms with van der Waals surface area (Å²) in [5.41, 5.74) is 6.43. The molecule has 236 valence electrons. The molecule has 0 radical (unpaired) electrons.